The number of rotatable bonds is 4. The number of thiophene rings is 1. The van der Waals surface area contributed by atoms with E-state index in [1.165, 1.54) is 0 Å². The average molecular weight is 452 g/mol. The van der Waals surface area contributed by atoms with Crippen LogP contribution in [0.25, 0.3) is 0 Å². The second-order valence-corrected chi connectivity index (χ2v) is 9.29. The lowest BCUT2D eigenvalue weighted by Gasteiger charge is -2.41. The number of aliphatic hydroxyl groups excluding tert-OH is 2. The van der Waals surface area contributed by atoms with E-state index >= 15 is 0 Å². The largest absolute Gasteiger partial charge is 0.390 e. The fourth-order valence-corrected chi connectivity index (χ4v) is 5.27. The van der Waals surface area contributed by atoms with Crippen molar-refractivity contribution >= 4 is 51.9 Å². The van der Waals surface area contributed by atoms with E-state index in [1.54, 1.807) is 11.3 Å². The molecule has 1 aliphatic heterocycles. The van der Waals surface area contributed by atoms with E-state index in [4.69, 9.17) is 23.8 Å². The molecule has 0 radical (unpaired) electrons. The van der Waals surface area contributed by atoms with Crippen LogP contribution in [-0.2, 0) is 11.3 Å². The molecular formula is C20H22ClN3O3S2. The molecule has 2 aromatic rings. The minimum Gasteiger partial charge on any atom is -0.390 e. The molecule has 1 saturated heterocycles. The van der Waals surface area contributed by atoms with E-state index in [1.807, 2.05) is 47.5 Å². The number of fused-ring (bicyclic) bond motifs is 1. The molecule has 2 fully saturated rings. The van der Waals surface area contributed by atoms with Gasteiger partial charge in [0.1, 0.15) is 6.10 Å². The number of aryl methyl sites for hydroxylation is 1. The van der Waals surface area contributed by atoms with Crippen LogP contribution >= 0.6 is 35.2 Å². The Balaban J connectivity index is 1.63. The van der Waals surface area contributed by atoms with Crippen molar-refractivity contribution < 1.29 is 15.0 Å². The summed E-state index contributed by atoms with van der Waals surface area (Å²) in [5.74, 6) is -0.722. The van der Waals surface area contributed by atoms with Crippen molar-refractivity contribution in [2.24, 2.45) is 5.92 Å². The number of carbonyl (C=O) groups is 1. The number of nitrogens with one attached hydrogen (secondary N) is 2. The molecule has 0 spiro atoms. The van der Waals surface area contributed by atoms with E-state index in [-0.39, 0.29) is 12.3 Å². The van der Waals surface area contributed by atoms with E-state index in [0.717, 1.165) is 16.1 Å². The smallest absolute Gasteiger partial charge is 0.225 e. The van der Waals surface area contributed by atoms with Crippen LogP contribution in [0.2, 0.25) is 5.02 Å². The average Bonchev–Trinajstić information content (AvgIpc) is 3.33. The summed E-state index contributed by atoms with van der Waals surface area (Å²) in [6.45, 7) is 2.34. The van der Waals surface area contributed by atoms with Gasteiger partial charge < -0.3 is 25.7 Å². The molecule has 9 heteroatoms. The van der Waals surface area contributed by atoms with Gasteiger partial charge in [-0.3, -0.25) is 4.79 Å². The van der Waals surface area contributed by atoms with E-state index in [0.29, 0.717) is 16.7 Å². The molecule has 5 atom stereocenters. The number of thiocarbonyl (C=S) groups is 1. The summed E-state index contributed by atoms with van der Waals surface area (Å²) in [6, 6.07) is 8.52. The van der Waals surface area contributed by atoms with Crippen molar-refractivity contribution in [2.75, 3.05) is 4.90 Å². The predicted octanol–water partition coefficient (Wildman–Crippen LogP) is 2.20. The highest BCUT2D eigenvalue weighted by Crippen LogP contribution is 2.37. The van der Waals surface area contributed by atoms with Crippen LogP contribution in [-0.4, -0.2) is 45.5 Å². The molecule has 1 aromatic carbocycles. The highest BCUT2D eigenvalue weighted by Gasteiger charge is 2.53. The second-order valence-electron chi connectivity index (χ2n) is 7.47. The molecule has 4 rings (SSSR count). The summed E-state index contributed by atoms with van der Waals surface area (Å²) in [4.78, 5) is 16.0. The summed E-state index contributed by atoms with van der Waals surface area (Å²) in [6.07, 6.45) is -1.88. The molecule has 0 unspecified atom stereocenters. The van der Waals surface area contributed by atoms with Crippen LogP contribution in [0, 0.1) is 12.8 Å². The number of hydrogen-bond donors (Lipinski definition) is 4. The zero-order chi connectivity index (χ0) is 20.7. The molecule has 0 bridgehead atoms. The van der Waals surface area contributed by atoms with Crippen molar-refractivity contribution in [3.05, 3.63) is 51.2 Å². The zero-order valence-electron chi connectivity index (χ0n) is 15.7. The Hall–Kier alpha value is -1.71. The Bertz CT molecular complexity index is 924. The number of carbonyl (C=O) groups excluding carboxylic acids is 1. The Morgan fingerprint density at radius 3 is 2.90 bits per heavy atom. The third kappa shape index (κ3) is 3.87. The molecule has 2 heterocycles. The lowest BCUT2D eigenvalue weighted by molar-refractivity contribution is -0.131. The Labute approximate surface area is 183 Å². The van der Waals surface area contributed by atoms with Gasteiger partial charge in [-0.15, -0.1) is 11.3 Å². The lowest BCUT2D eigenvalue weighted by Crippen LogP contribution is -2.60. The van der Waals surface area contributed by atoms with E-state index < -0.39 is 30.2 Å². The minimum atomic E-state index is -1.02. The zero-order valence-corrected chi connectivity index (χ0v) is 18.1. The Morgan fingerprint density at radius 1 is 1.41 bits per heavy atom. The Morgan fingerprint density at radius 2 is 2.21 bits per heavy atom. The molecule has 4 N–H and O–H groups in total. The van der Waals surface area contributed by atoms with Gasteiger partial charge in [0, 0.05) is 15.6 Å². The topological polar surface area (TPSA) is 84.8 Å². The first-order valence-corrected chi connectivity index (χ1v) is 11.1. The van der Waals surface area contributed by atoms with Gasteiger partial charge in [0.2, 0.25) is 5.91 Å². The fraction of sp³-hybridized carbons (Fsp3) is 0.400. The summed E-state index contributed by atoms with van der Waals surface area (Å²) in [5.41, 5.74) is 1.69. The van der Waals surface area contributed by atoms with Gasteiger partial charge in [0.25, 0.3) is 0 Å². The van der Waals surface area contributed by atoms with Crippen LogP contribution < -0.4 is 15.5 Å². The first kappa shape index (κ1) is 20.6. The number of benzene rings is 1. The second kappa shape index (κ2) is 8.20. The number of hydrogen-bond acceptors (Lipinski definition) is 5. The molecule has 1 saturated carbocycles. The number of halogens is 1. The number of aliphatic hydroxyl groups is 2. The van der Waals surface area contributed by atoms with Crippen molar-refractivity contribution in [2.45, 2.75) is 44.2 Å². The SMILES string of the molecule is Cc1ccc(N2C(=S)N[C@H]3[C@@H](O)[C@H](O)C[C@@H](C(=O)NCc4cccs4)[C@@H]32)cc1Cl. The monoisotopic (exact) mass is 451 g/mol. The van der Waals surface area contributed by atoms with Crippen molar-refractivity contribution in [1.29, 1.82) is 0 Å². The van der Waals surface area contributed by atoms with E-state index in [9.17, 15) is 15.0 Å². The number of anilines is 1. The van der Waals surface area contributed by atoms with Crippen LogP contribution in [0.1, 0.15) is 16.9 Å². The van der Waals surface area contributed by atoms with Crippen molar-refractivity contribution in [3.63, 3.8) is 0 Å². The first-order chi connectivity index (χ1) is 13.9. The summed E-state index contributed by atoms with van der Waals surface area (Å²) in [5, 5.41) is 30.0. The molecule has 154 valence electrons. The van der Waals surface area contributed by atoms with Crippen molar-refractivity contribution in [3.8, 4) is 0 Å². The summed E-state index contributed by atoms with van der Waals surface area (Å²) in [7, 11) is 0. The fourth-order valence-electron chi connectivity index (χ4n) is 4.09. The van der Waals surface area contributed by atoms with Crippen LogP contribution in [0.5, 0.6) is 0 Å². The third-order valence-electron chi connectivity index (χ3n) is 5.63. The van der Waals surface area contributed by atoms with Gasteiger partial charge in [-0.25, -0.2) is 0 Å². The van der Waals surface area contributed by atoms with Crippen LogP contribution in [0.3, 0.4) is 0 Å². The summed E-state index contributed by atoms with van der Waals surface area (Å²) >= 11 is 13.4. The lowest BCUT2D eigenvalue weighted by atomic mass is 9.77. The molecular weight excluding hydrogens is 430 g/mol. The minimum absolute atomic E-state index is 0.152. The Kier molecular flexibility index (Phi) is 5.81. The van der Waals surface area contributed by atoms with Gasteiger partial charge in [-0.2, -0.15) is 0 Å². The third-order valence-corrected chi connectivity index (χ3v) is 7.23. The van der Waals surface area contributed by atoms with Gasteiger partial charge in [0.15, 0.2) is 5.11 Å². The number of amides is 1. The quantitative estimate of drug-likeness (QED) is 0.533. The normalized spacial score (nSPS) is 28.8. The standard InChI is InChI=1S/C20H22ClN3O3S2/c1-10-4-5-11(7-14(10)21)24-17-13(19(27)22-9-12-3-2-6-29-12)8-15(25)18(26)16(17)23-20(24)28/h2-7,13,15-18,25-26H,8-9H2,1H3,(H,22,27)(H,23,28)/t13-,15-,16-,17+,18+/m1/s1. The van der Waals surface area contributed by atoms with Gasteiger partial charge in [-0.05, 0) is 54.7 Å². The maximum atomic E-state index is 13.1. The highest BCUT2D eigenvalue weighted by molar-refractivity contribution is 7.80. The van der Waals surface area contributed by atoms with Crippen molar-refractivity contribution in [1.82, 2.24) is 10.6 Å². The highest BCUT2D eigenvalue weighted by atomic mass is 35.5. The summed E-state index contributed by atoms with van der Waals surface area (Å²) < 4.78 is 0. The van der Waals surface area contributed by atoms with Crippen LogP contribution in [0.4, 0.5) is 5.69 Å². The van der Waals surface area contributed by atoms with Gasteiger partial charge in [-0.1, -0.05) is 23.7 Å². The van der Waals surface area contributed by atoms with E-state index in [2.05, 4.69) is 10.6 Å². The molecule has 6 nitrogen and oxygen atoms in total. The maximum absolute atomic E-state index is 13.1. The van der Waals surface area contributed by atoms with Gasteiger partial charge in [0.05, 0.1) is 30.7 Å². The maximum Gasteiger partial charge on any atom is 0.225 e. The first-order valence-electron chi connectivity index (χ1n) is 9.39. The predicted molar refractivity (Wildman–Crippen MR) is 118 cm³/mol. The van der Waals surface area contributed by atoms with Gasteiger partial charge >= 0.3 is 0 Å². The van der Waals surface area contributed by atoms with Crippen LogP contribution in [0.15, 0.2) is 35.7 Å². The molecule has 1 aliphatic carbocycles. The molecule has 29 heavy (non-hydrogen) atoms. The molecule has 2 aliphatic rings. The molecule has 1 amide bonds. The number of nitrogens with zero attached hydrogens (tertiary/aromatic N) is 1. The molecule has 1 aromatic heterocycles.